The van der Waals surface area contributed by atoms with Gasteiger partial charge in [0.25, 0.3) is 0 Å². The molecule has 106 valence electrons. The number of carbonyl (C=O) groups excluding carboxylic acids is 1. The molecule has 0 bridgehead atoms. The quantitative estimate of drug-likeness (QED) is 0.825. The topological polar surface area (TPSA) is 57.8 Å². The highest BCUT2D eigenvalue weighted by Crippen LogP contribution is 2.39. The molecular formula is C15H18FN3O. The lowest BCUT2D eigenvalue weighted by atomic mass is 9.98. The second-order valence-electron chi connectivity index (χ2n) is 6.06. The second-order valence-corrected chi connectivity index (χ2v) is 6.06. The van der Waals surface area contributed by atoms with Crippen molar-refractivity contribution in [3.05, 3.63) is 29.7 Å². The summed E-state index contributed by atoms with van der Waals surface area (Å²) < 4.78 is 13.5. The number of hydrogen-bond acceptors (Lipinski definition) is 3. The largest absolute Gasteiger partial charge is 0.304 e. The van der Waals surface area contributed by atoms with Gasteiger partial charge in [0.15, 0.2) is 5.78 Å². The maximum Gasteiger partial charge on any atom is 0.177 e. The maximum atomic E-state index is 13.5. The predicted molar refractivity (Wildman–Crippen MR) is 75.2 cm³/mol. The number of nitrogens with one attached hydrogen (secondary N) is 2. The molecule has 1 heterocycles. The molecule has 0 aliphatic heterocycles. The Kier molecular flexibility index (Phi) is 3.09. The molecule has 0 radical (unpaired) electrons. The van der Waals surface area contributed by atoms with Crippen molar-refractivity contribution < 1.29 is 9.18 Å². The van der Waals surface area contributed by atoms with Crippen molar-refractivity contribution in [1.82, 2.24) is 15.5 Å². The van der Waals surface area contributed by atoms with E-state index in [2.05, 4.69) is 29.4 Å². The van der Waals surface area contributed by atoms with Gasteiger partial charge in [-0.3, -0.25) is 9.89 Å². The Morgan fingerprint density at radius 3 is 2.95 bits per heavy atom. The van der Waals surface area contributed by atoms with Crippen molar-refractivity contribution >= 4 is 16.7 Å². The minimum Gasteiger partial charge on any atom is -0.304 e. The molecule has 1 aromatic heterocycles. The average Bonchev–Trinajstić information content (AvgIpc) is 3.16. The SMILES string of the molecule is CC(C)(NCC(=O)c1cc(F)cc2[nH]ncc12)C1CC1. The lowest BCUT2D eigenvalue weighted by molar-refractivity contribution is 0.0979. The van der Waals surface area contributed by atoms with E-state index in [4.69, 9.17) is 0 Å². The van der Waals surface area contributed by atoms with Gasteiger partial charge in [-0.2, -0.15) is 5.10 Å². The van der Waals surface area contributed by atoms with Crippen molar-refractivity contribution in [2.24, 2.45) is 5.92 Å². The highest BCUT2D eigenvalue weighted by atomic mass is 19.1. The molecule has 0 unspecified atom stereocenters. The summed E-state index contributed by atoms with van der Waals surface area (Å²) in [4.78, 5) is 12.3. The van der Waals surface area contributed by atoms with Crippen LogP contribution in [0.3, 0.4) is 0 Å². The van der Waals surface area contributed by atoms with E-state index in [0.717, 1.165) is 0 Å². The molecule has 5 heteroatoms. The molecule has 3 rings (SSSR count). The number of carbonyl (C=O) groups is 1. The number of H-pyrrole nitrogens is 1. The van der Waals surface area contributed by atoms with E-state index in [1.807, 2.05) is 0 Å². The van der Waals surface area contributed by atoms with Gasteiger partial charge in [0, 0.05) is 16.5 Å². The summed E-state index contributed by atoms with van der Waals surface area (Å²) in [6.07, 6.45) is 3.98. The van der Waals surface area contributed by atoms with Crippen LogP contribution in [0.4, 0.5) is 4.39 Å². The van der Waals surface area contributed by atoms with E-state index in [1.54, 1.807) is 6.20 Å². The van der Waals surface area contributed by atoms with Crippen LogP contribution >= 0.6 is 0 Å². The monoisotopic (exact) mass is 275 g/mol. The van der Waals surface area contributed by atoms with Crippen molar-refractivity contribution in [2.45, 2.75) is 32.2 Å². The summed E-state index contributed by atoms with van der Waals surface area (Å²) in [6.45, 7) is 4.43. The van der Waals surface area contributed by atoms with Gasteiger partial charge in [0.05, 0.1) is 18.3 Å². The third-order valence-electron chi connectivity index (χ3n) is 4.13. The highest BCUT2D eigenvalue weighted by molar-refractivity contribution is 6.08. The van der Waals surface area contributed by atoms with E-state index >= 15 is 0 Å². The van der Waals surface area contributed by atoms with Crippen LogP contribution in [0.15, 0.2) is 18.3 Å². The Labute approximate surface area is 116 Å². The van der Waals surface area contributed by atoms with Crippen LogP contribution in [-0.2, 0) is 0 Å². The first-order valence-electron chi connectivity index (χ1n) is 6.88. The summed E-state index contributed by atoms with van der Waals surface area (Å²) in [5.74, 6) is 0.105. The Balaban J connectivity index is 1.80. The highest BCUT2D eigenvalue weighted by Gasteiger charge is 2.37. The van der Waals surface area contributed by atoms with Gasteiger partial charge in [0.2, 0.25) is 0 Å². The van der Waals surface area contributed by atoms with E-state index < -0.39 is 5.82 Å². The van der Waals surface area contributed by atoms with Crippen LogP contribution in [-0.4, -0.2) is 28.1 Å². The lowest BCUT2D eigenvalue weighted by Crippen LogP contribution is -2.44. The summed E-state index contributed by atoms with van der Waals surface area (Å²) in [6, 6.07) is 2.63. The average molecular weight is 275 g/mol. The maximum absolute atomic E-state index is 13.5. The van der Waals surface area contributed by atoms with Crippen molar-refractivity contribution in [1.29, 1.82) is 0 Å². The fourth-order valence-electron chi connectivity index (χ4n) is 2.60. The Bertz CT molecular complexity index is 658. The third-order valence-corrected chi connectivity index (χ3v) is 4.13. The van der Waals surface area contributed by atoms with Crippen molar-refractivity contribution in [3.63, 3.8) is 0 Å². The number of aromatic amines is 1. The van der Waals surface area contributed by atoms with Gasteiger partial charge in [-0.1, -0.05) is 0 Å². The molecule has 0 atom stereocenters. The number of hydrogen-bond donors (Lipinski definition) is 2. The standard InChI is InChI=1S/C15H18FN3O/c1-15(2,9-3-4-9)17-8-14(20)11-5-10(16)6-13-12(11)7-18-19-13/h5-7,9,17H,3-4,8H2,1-2H3,(H,18,19). The first-order valence-corrected chi connectivity index (χ1v) is 6.88. The lowest BCUT2D eigenvalue weighted by Gasteiger charge is -2.25. The summed E-state index contributed by atoms with van der Waals surface area (Å²) in [7, 11) is 0. The van der Waals surface area contributed by atoms with Gasteiger partial charge in [-0.15, -0.1) is 0 Å². The normalized spacial score (nSPS) is 15.8. The van der Waals surface area contributed by atoms with Gasteiger partial charge in [-0.25, -0.2) is 4.39 Å². The van der Waals surface area contributed by atoms with Crippen LogP contribution in [0.1, 0.15) is 37.0 Å². The zero-order valence-corrected chi connectivity index (χ0v) is 11.7. The van der Waals surface area contributed by atoms with Gasteiger partial charge in [-0.05, 0) is 44.7 Å². The minimum atomic E-state index is -0.424. The number of ketones is 1. The minimum absolute atomic E-state index is 0.0432. The van der Waals surface area contributed by atoms with E-state index in [1.165, 1.54) is 25.0 Å². The number of aromatic nitrogens is 2. The fraction of sp³-hybridized carbons (Fsp3) is 0.467. The molecule has 1 aliphatic carbocycles. The van der Waals surface area contributed by atoms with Gasteiger partial charge < -0.3 is 5.32 Å². The van der Waals surface area contributed by atoms with Crippen LogP contribution in [0.2, 0.25) is 0 Å². The molecule has 2 N–H and O–H groups in total. The Hall–Kier alpha value is -1.75. The number of Topliss-reactive ketones (excluding diaryl/α,β-unsaturated/α-hetero) is 1. The number of fused-ring (bicyclic) bond motifs is 1. The van der Waals surface area contributed by atoms with E-state index in [0.29, 0.717) is 22.4 Å². The van der Waals surface area contributed by atoms with Gasteiger partial charge >= 0.3 is 0 Å². The molecule has 2 aromatic rings. The molecule has 0 spiro atoms. The molecule has 0 amide bonds. The van der Waals surface area contributed by atoms with Crippen LogP contribution in [0.5, 0.6) is 0 Å². The molecule has 1 aromatic carbocycles. The van der Waals surface area contributed by atoms with Crippen LogP contribution in [0, 0.1) is 11.7 Å². The molecule has 1 aliphatic rings. The molecular weight excluding hydrogens is 257 g/mol. The fourth-order valence-corrected chi connectivity index (χ4v) is 2.60. The van der Waals surface area contributed by atoms with Crippen molar-refractivity contribution in [2.75, 3.05) is 6.54 Å². The smallest absolute Gasteiger partial charge is 0.177 e. The number of rotatable bonds is 5. The molecule has 20 heavy (non-hydrogen) atoms. The Morgan fingerprint density at radius 2 is 2.25 bits per heavy atom. The first-order chi connectivity index (χ1) is 9.47. The first kappa shape index (κ1) is 13.2. The molecule has 1 saturated carbocycles. The van der Waals surface area contributed by atoms with Crippen LogP contribution in [0.25, 0.3) is 10.9 Å². The molecule has 4 nitrogen and oxygen atoms in total. The number of benzene rings is 1. The Morgan fingerprint density at radius 1 is 1.50 bits per heavy atom. The van der Waals surface area contributed by atoms with E-state index in [-0.39, 0.29) is 17.9 Å². The third kappa shape index (κ3) is 2.45. The van der Waals surface area contributed by atoms with E-state index in [9.17, 15) is 9.18 Å². The number of nitrogens with zero attached hydrogens (tertiary/aromatic N) is 1. The molecule has 1 fully saturated rings. The number of halogens is 1. The summed E-state index contributed by atoms with van der Waals surface area (Å²) in [5.41, 5.74) is 0.890. The zero-order valence-electron chi connectivity index (χ0n) is 11.7. The second kappa shape index (κ2) is 4.66. The van der Waals surface area contributed by atoms with Crippen LogP contribution < -0.4 is 5.32 Å². The summed E-state index contributed by atoms with van der Waals surface area (Å²) >= 11 is 0. The zero-order chi connectivity index (χ0) is 14.3. The van der Waals surface area contributed by atoms with Crippen molar-refractivity contribution in [3.8, 4) is 0 Å². The predicted octanol–water partition coefficient (Wildman–Crippen LogP) is 2.66. The summed E-state index contributed by atoms with van der Waals surface area (Å²) in [5, 5.41) is 10.5. The molecule has 0 saturated heterocycles. The van der Waals surface area contributed by atoms with Gasteiger partial charge in [0.1, 0.15) is 5.82 Å².